The van der Waals surface area contributed by atoms with Crippen LogP contribution in [0.15, 0.2) is 35.2 Å². The predicted molar refractivity (Wildman–Crippen MR) is 99.4 cm³/mol. The number of aliphatic carboxylic acids is 1. The van der Waals surface area contributed by atoms with Crippen molar-refractivity contribution in [2.75, 3.05) is 26.2 Å². The van der Waals surface area contributed by atoms with E-state index in [0.29, 0.717) is 32.4 Å². The molecule has 1 aromatic carbocycles. The van der Waals surface area contributed by atoms with Crippen molar-refractivity contribution in [3.8, 4) is 0 Å². The molecule has 3 atom stereocenters. The van der Waals surface area contributed by atoms with Gasteiger partial charge in [-0.2, -0.15) is 4.31 Å². The number of rotatable bonds is 4. The van der Waals surface area contributed by atoms with Crippen LogP contribution in [0.4, 0.5) is 0 Å². The van der Waals surface area contributed by atoms with Crippen molar-refractivity contribution in [2.45, 2.75) is 31.1 Å². The lowest BCUT2D eigenvalue weighted by Crippen LogP contribution is -2.51. The highest BCUT2D eigenvalue weighted by Crippen LogP contribution is 2.28. The number of likely N-dealkylation sites (tertiary alicyclic amines) is 1. The van der Waals surface area contributed by atoms with E-state index in [9.17, 15) is 23.1 Å². The minimum Gasteiger partial charge on any atom is -0.481 e. The summed E-state index contributed by atoms with van der Waals surface area (Å²) in [5, 5.41) is 9.32. The van der Waals surface area contributed by atoms with Crippen molar-refractivity contribution >= 4 is 21.9 Å². The van der Waals surface area contributed by atoms with Gasteiger partial charge in [0.1, 0.15) is 0 Å². The maximum atomic E-state index is 13.0. The molecule has 0 saturated carbocycles. The Labute approximate surface area is 160 Å². The van der Waals surface area contributed by atoms with Gasteiger partial charge in [0.2, 0.25) is 15.9 Å². The first-order chi connectivity index (χ1) is 12.8. The summed E-state index contributed by atoms with van der Waals surface area (Å²) in [5.41, 5.74) is 0. The maximum absolute atomic E-state index is 13.0. The summed E-state index contributed by atoms with van der Waals surface area (Å²) in [6.07, 6.45) is 1.81. The van der Waals surface area contributed by atoms with Crippen molar-refractivity contribution < 1.29 is 23.1 Å². The molecule has 8 heteroatoms. The van der Waals surface area contributed by atoms with Gasteiger partial charge in [-0.05, 0) is 37.3 Å². The summed E-state index contributed by atoms with van der Waals surface area (Å²) < 4.78 is 27.1. The normalized spacial score (nSPS) is 27.3. The van der Waals surface area contributed by atoms with E-state index >= 15 is 0 Å². The maximum Gasteiger partial charge on any atom is 0.308 e. The molecule has 2 fully saturated rings. The van der Waals surface area contributed by atoms with E-state index in [-0.39, 0.29) is 29.8 Å². The van der Waals surface area contributed by atoms with Crippen molar-refractivity contribution in [1.29, 1.82) is 0 Å². The summed E-state index contributed by atoms with van der Waals surface area (Å²) in [6.45, 7) is 3.24. The molecule has 27 heavy (non-hydrogen) atoms. The van der Waals surface area contributed by atoms with Crippen LogP contribution in [0.2, 0.25) is 0 Å². The highest BCUT2D eigenvalue weighted by molar-refractivity contribution is 7.89. The molecule has 1 N–H and O–H groups in total. The Morgan fingerprint density at radius 1 is 1.07 bits per heavy atom. The Morgan fingerprint density at radius 3 is 2.44 bits per heavy atom. The second-order valence-corrected chi connectivity index (χ2v) is 9.57. The molecule has 1 amide bonds. The molecule has 2 saturated heterocycles. The molecule has 148 valence electrons. The second kappa shape index (κ2) is 7.98. The largest absolute Gasteiger partial charge is 0.481 e. The first-order valence-corrected chi connectivity index (χ1v) is 10.8. The molecule has 1 aromatic rings. The first-order valence-electron chi connectivity index (χ1n) is 9.36. The van der Waals surface area contributed by atoms with E-state index in [1.54, 1.807) is 35.2 Å². The molecule has 3 rings (SSSR count). The molecular formula is C19H26N2O5S. The zero-order valence-corrected chi connectivity index (χ0v) is 16.3. The SMILES string of the molecule is CC1CC(C(=O)O)CN(C(=O)C2CCCN(S(=O)(=O)c3ccccc3)C2)C1. The van der Waals surface area contributed by atoms with Crippen LogP contribution in [0.3, 0.4) is 0 Å². The summed E-state index contributed by atoms with van der Waals surface area (Å²) >= 11 is 0. The van der Waals surface area contributed by atoms with Crippen LogP contribution in [0.25, 0.3) is 0 Å². The third-order valence-corrected chi connectivity index (χ3v) is 7.31. The summed E-state index contributed by atoms with van der Waals surface area (Å²) in [5.74, 6) is -1.85. The molecule has 2 aliphatic heterocycles. The standard InChI is InChI=1S/C19H26N2O5S/c1-14-10-16(19(23)24)12-20(11-14)18(22)15-6-5-9-21(13-15)27(25,26)17-7-3-2-4-8-17/h2-4,7-8,14-16H,5-6,9-13H2,1H3,(H,23,24). The number of benzene rings is 1. The highest BCUT2D eigenvalue weighted by Gasteiger charge is 2.38. The number of amides is 1. The summed E-state index contributed by atoms with van der Waals surface area (Å²) in [4.78, 5) is 26.2. The van der Waals surface area contributed by atoms with Crippen molar-refractivity contribution in [3.05, 3.63) is 30.3 Å². The van der Waals surface area contributed by atoms with Gasteiger partial charge in [0, 0.05) is 26.2 Å². The fourth-order valence-corrected chi connectivity index (χ4v) is 5.62. The monoisotopic (exact) mass is 394 g/mol. The van der Waals surface area contributed by atoms with Crippen molar-refractivity contribution in [2.24, 2.45) is 17.8 Å². The summed E-state index contributed by atoms with van der Waals surface area (Å²) in [7, 11) is -3.63. The molecule has 2 heterocycles. The van der Waals surface area contributed by atoms with E-state index < -0.39 is 27.8 Å². The molecule has 2 aliphatic rings. The predicted octanol–water partition coefficient (Wildman–Crippen LogP) is 1.66. The van der Waals surface area contributed by atoms with Crippen molar-refractivity contribution in [3.63, 3.8) is 0 Å². The lowest BCUT2D eigenvalue weighted by molar-refractivity contribution is -0.148. The molecule has 7 nitrogen and oxygen atoms in total. The van der Waals surface area contributed by atoms with Gasteiger partial charge in [0.15, 0.2) is 0 Å². The zero-order chi connectivity index (χ0) is 19.6. The average molecular weight is 394 g/mol. The Balaban J connectivity index is 1.72. The number of carbonyl (C=O) groups excluding carboxylic acids is 1. The van der Waals surface area contributed by atoms with E-state index in [4.69, 9.17) is 0 Å². The van der Waals surface area contributed by atoms with Crippen molar-refractivity contribution in [1.82, 2.24) is 9.21 Å². The Kier molecular flexibility index (Phi) is 5.86. The molecular weight excluding hydrogens is 368 g/mol. The lowest BCUT2D eigenvalue weighted by atomic mass is 9.88. The number of carboxylic acids is 1. The summed E-state index contributed by atoms with van der Waals surface area (Å²) in [6, 6.07) is 8.24. The molecule has 0 radical (unpaired) electrons. The first kappa shape index (κ1) is 19.8. The van der Waals surface area contributed by atoms with E-state index in [1.165, 1.54) is 4.31 Å². The Morgan fingerprint density at radius 2 is 1.78 bits per heavy atom. The lowest BCUT2D eigenvalue weighted by Gasteiger charge is -2.39. The fraction of sp³-hybridized carbons (Fsp3) is 0.579. The van der Waals surface area contributed by atoms with Gasteiger partial charge in [-0.25, -0.2) is 8.42 Å². The third kappa shape index (κ3) is 4.32. The smallest absolute Gasteiger partial charge is 0.308 e. The second-order valence-electron chi connectivity index (χ2n) is 7.63. The number of hydrogen-bond donors (Lipinski definition) is 1. The van der Waals surface area contributed by atoms with Gasteiger partial charge in [0.25, 0.3) is 0 Å². The third-order valence-electron chi connectivity index (χ3n) is 5.43. The topological polar surface area (TPSA) is 95.0 Å². The zero-order valence-electron chi connectivity index (χ0n) is 15.5. The van der Waals surface area contributed by atoms with Gasteiger partial charge < -0.3 is 10.0 Å². The highest BCUT2D eigenvalue weighted by atomic mass is 32.2. The van der Waals surface area contributed by atoms with Crippen LogP contribution in [0, 0.1) is 17.8 Å². The number of carbonyl (C=O) groups is 2. The van der Waals surface area contributed by atoms with Crippen LogP contribution in [-0.4, -0.2) is 60.8 Å². The molecule has 0 bridgehead atoms. The quantitative estimate of drug-likeness (QED) is 0.838. The van der Waals surface area contributed by atoms with Crippen LogP contribution < -0.4 is 0 Å². The Bertz CT molecular complexity index is 796. The van der Waals surface area contributed by atoms with Gasteiger partial charge in [-0.15, -0.1) is 0 Å². The van der Waals surface area contributed by atoms with Crippen LogP contribution in [0.1, 0.15) is 26.2 Å². The van der Waals surface area contributed by atoms with E-state index in [0.717, 1.165) is 0 Å². The van der Waals surface area contributed by atoms with Gasteiger partial charge >= 0.3 is 5.97 Å². The van der Waals surface area contributed by atoms with Crippen LogP contribution in [-0.2, 0) is 19.6 Å². The number of piperidine rings is 2. The van der Waals surface area contributed by atoms with Crippen LogP contribution >= 0.6 is 0 Å². The Hall–Kier alpha value is -1.93. The minimum atomic E-state index is -3.63. The van der Waals surface area contributed by atoms with Gasteiger partial charge in [-0.3, -0.25) is 9.59 Å². The minimum absolute atomic E-state index is 0.122. The number of sulfonamides is 1. The van der Waals surface area contributed by atoms with Gasteiger partial charge in [-0.1, -0.05) is 25.1 Å². The molecule has 0 spiro atoms. The molecule has 3 unspecified atom stereocenters. The number of hydrogen-bond acceptors (Lipinski definition) is 4. The van der Waals surface area contributed by atoms with Gasteiger partial charge in [0.05, 0.1) is 16.7 Å². The molecule has 0 aliphatic carbocycles. The van der Waals surface area contributed by atoms with E-state index in [2.05, 4.69) is 0 Å². The molecule has 0 aromatic heterocycles. The average Bonchev–Trinajstić information content (AvgIpc) is 2.67. The van der Waals surface area contributed by atoms with Crippen LogP contribution in [0.5, 0.6) is 0 Å². The fourth-order valence-electron chi connectivity index (χ4n) is 4.07. The number of carboxylic acid groups (broad SMARTS) is 1. The van der Waals surface area contributed by atoms with E-state index in [1.807, 2.05) is 6.92 Å². The number of nitrogens with zero attached hydrogens (tertiary/aromatic N) is 2.